The highest BCUT2D eigenvalue weighted by Crippen LogP contribution is 2.32. The fourth-order valence-electron chi connectivity index (χ4n) is 3.98. The van der Waals surface area contributed by atoms with E-state index in [1.54, 1.807) is 12.2 Å². The normalized spacial score (nSPS) is 24.7. The standard InChI is InChI=1S/C25H27N3O2/c1-18-15-19(12-14-27(18)2)16-25(30)28-13-6-5-7-20-17-21(29)10-11-22(20)26-23-8-3-4-9-24(23)28/h3-12,18H,13-17H2,1-2H3/b6-5-,20-7-,26-22?. The minimum atomic E-state index is 0.0782. The molecule has 1 amide bonds. The van der Waals surface area contributed by atoms with Gasteiger partial charge in [-0.1, -0.05) is 42.0 Å². The van der Waals surface area contributed by atoms with Crippen LogP contribution in [0.3, 0.4) is 0 Å². The van der Waals surface area contributed by atoms with Gasteiger partial charge in [-0.25, -0.2) is 4.99 Å². The molecule has 2 heterocycles. The first-order valence-corrected chi connectivity index (χ1v) is 10.4. The number of nitrogens with zero attached hydrogens (tertiary/aromatic N) is 3. The summed E-state index contributed by atoms with van der Waals surface area (Å²) in [5.41, 5.74) is 4.41. The molecule has 1 unspecified atom stereocenters. The zero-order chi connectivity index (χ0) is 21.1. The number of para-hydroxylation sites is 2. The molecule has 30 heavy (non-hydrogen) atoms. The molecule has 0 fully saturated rings. The lowest BCUT2D eigenvalue weighted by atomic mass is 9.97. The van der Waals surface area contributed by atoms with Crippen LogP contribution < -0.4 is 4.90 Å². The monoisotopic (exact) mass is 401 g/mol. The Morgan fingerprint density at radius 2 is 2.03 bits per heavy atom. The van der Waals surface area contributed by atoms with E-state index in [2.05, 4.69) is 24.9 Å². The summed E-state index contributed by atoms with van der Waals surface area (Å²) in [5, 5.41) is 0. The molecular formula is C25H27N3O2. The van der Waals surface area contributed by atoms with Crippen molar-refractivity contribution in [2.75, 3.05) is 25.0 Å². The van der Waals surface area contributed by atoms with E-state index < -0.39 is 0 Å². The molecule has 0 spiro atoms. The van der Waals surface area contributed by atoms with E-state index in [1.165, 1.54) is 5.57 Å². The number of likely N-dealkylation sites (N-methyl/N-ethyl adjacent to an activating group) is 1. The molecule has 0 aromatic heterocycles. The summed E-state index contributed by atoms with van der Waals surface area (Å²) in [5.74, 6) is 0.158. The molecule has 0 saturated heterocycles. The Kier molecular flexibility index (Phi) is 5.91. The van der Waals surface area contributed by atoms with Crippen molar-refractivity contribution in [3.8, 4) is 0 Å². The van der Waals surface area contributed by atoms with Crippen LogP contribution in [0, 0.1) is 0 Å². The third kappa shape index (κ3) is 4.41. The second kappa shape index (κ2) is 8.76. The van der Waals surface area contributed by atoms with Crippen molar-refractivity contribution in [2.24, 2.45) is 4.99 Å². The van der Waals surface area contributed by atoms with Crippen molar-refractivity contribution in [2.45, 2.75) is 32.2 Å². The van der Waals surface area contributed by atoms with Crippen LogP contribution in [0.2, 0.25) is 0 Å². The summed E-state index contributed by atoms with van der Waals surface area (Å²) < 4.78 is 0. The number of aliphatic imine (C=N–C) groups is 1. The molecule has 1 aromatic rings. The van der Waals surface area contributed by atoms with Gasteiger partial charge in [0.25, 0.3) is 0 Å². The number of fused-ring (bicyclic) bond motifs is 2. The highest BCUT2D eigenvalue weighted by Gasteiger charge is 2.23. The third-order valence-corrected chi connectivity index (χ3v) is 5.91. The molecule has 3 aliphatic rings. The van der Waals surface area contributed by atoms with E-state index in [4.69, 9.17) is 4.99 Å². The summed E-state index contributed by atoms with van der Waals surface area (Å²) in [6.07, 6.45) is 13.0. The molecule has 5 heteroatoms. The number of carbonyl (C=O) groups excluding carboxylic acids is 2. The Labute approximate surface area is 177 Å². The number of amides is 1. The minimum Gasteiger partial charge on any atom is -0.306 e. The minimum absolute atomic E-state index is 0.0782. The molecule has 2 aliphatic heterocycles. The van der Waals surface area contributed by atoms with Crippen LogP contribution in [-0.2, 0) is 9.59 Å². The van der Waals surface area contributed by atoms with E-state index in [0.29, 0.717) is 25.4 Å². The van der Waals surface area contributed by atoms with E-state index in [1.807, 2.05) is 47.4 Å². The van der Waals surface area contributed by atoms with Crippen LogP contribution in [0.25, 0.3) is 0 Å². The van der Waals surface area contributed by atoms with Crippen LogP contribution in [0.15, 0.2) is 76.9 Å². The number of rotatable bonds is 2. The molecule has 0 N–H and O–H groups in total. The fraction of sp³-hybridized carbons (Fsp3) is 0.320. The summed E-state index contributed by atoms with van der Waals surface area (Å²) in [6.45, 7) is 3.55. The number of anilines is 1. The third-order valence-electron chi connectivity index (χ3n) is 5.91. The summed E-state index contributed by atoms with van der Waals surface area (Å²) >= 11 is 0. The maximum absolute atomic E-state index is 13.3. The number of ketones is 1. The first-order chi connectivity index (χ1) is 14.5. The average Bonchev–Trinajstić information content (AvgIpc) is 2.73. The SMILES string of the molecule is CC1CC(CC(=O)N2C/C=C\C=C3\CC(=O)C=CC3=Nc3ccccc32)=CCN1C. The maximum atomic E-state index is 13.3. The lowest BCUT2D eigenvalue weighted by molar-refractivity contribution is -0.118. The molecule has 154 valence electrons. The molecule has 0 radical (unpaired) electrons. The van der Waals surface area contributed by atoms with Crippen LogP contribution in [0.4, 0.5) is 11.4 Å². The number of carbonyl (C=O) groups is 2. The van der Waals surface area contributed by atoms with Gasteiger partial charge in [0.05, 0.1) is 17.1 Å². The van der Waals surface area contributed by atoms with Gasteiger partial charge in [0.2, 0.25) is 5.91 Å². The second-order valence-electron chi connectivity index (χ2n) is 8.12. The van der Waals surface area contributed by atoms with Crippen molar-refractivity contribution < 1.29 is 9.59 Å². The number of benzene rings is 1. The molecule has 1 aromatic carbocycles. The Morgan fingerprint density at radius 1 is 1.20 bits per heavy atom. The van der Waals surface area contributed by atoms with Crippen molar-refractivity contribution in [3.63, 3.8) is 0 Å². The Hall–Kier alpha value is -3.05. The van der Waals surface area contributed by atoms with Crippen LogP contribution >= 0.6 is 0 Å². The number of allylic oxidation sites excluding steroid dienone is 5. The topological polar surface area (TPSA) is 53.0 Å². The predicted molar refractivity (Wildman–Crippen MR) is 121 cm³/mol. The number of hydrogen-bond donors (Lipinski definition) is 0. The van der Waals surface area contributed by atoms with Gasteiger partial charge in [0.1, 0.15) is 0 Å². The zero-order valence-electron chi connectivity index (χ0n) is 17.5. The smallest absolute Gasteiger partial charge is 0.231 e. The van der Waals surface area contributed by atoms with Gasteiger partial charge >= 0.3 is 0 Å². The van der Waals surface area contributed by atoms with Gasteiger partial charge in [0.15, 0.2) is 5.78 Å². The van der Waals surface area contributed by atoms with E-state index in [9.17, 15) is 9.59 Å². The summed E-state index contributed by atoms with van der Waals surface area (Å²) in [4.78, 5) is 34.1. The molecular weight excluding hydrogens is 374 g/mol. The number of hydrogen-bond acceptors (Lipinski definition) is 4. The highest BCUT2D eigenvalue weighted by molar-refractivity contribution is 6.19. The molecule has 5 nitrogen and oxygen atoms in total. The van der Waals surface area contributed by atoms with Gasteiger partial charge in [-0.2, -0.15) is 0 Å². The molecule has 0 saturated carbocycles. The molecule has 1 atom stereocenters. The van der Waals surface area contributed by atoms with Crippen molar-refractivity contribution in [3.05, 3.63) is 71.9 Å². The van der Waals surface area contributed by atoms with Crippen molar-refractivity contribution >= 4 is 28.8 Å². The Morgan fingerprint density at radius 3 is 2.87 bits per heavy atom. The van der Waals surface area contributed by atoms with E-state index >= 15 is 0 Å². The molecule has 0 bridgehead atoms. The Balaban J connectivity index is 1.67. The van der Waals surface area contributed by atoms with Gasteiger partial charge in [-0.3, -0.25) is 14.5 Å². The molecule has 1 aliphatic carbocycles. The van der Waals surface area contributed by atoms with Crippen LogP contribution in [0.5, 0.6) is 0 Å². The highest BCUT2D eigenvalue weighted by atomic mass is 16.2. The summed E-state index contributed by atoms with van der Waals surface area (Å²) in [6, 6.07) is 8.17. The lowest BCUT2D eigenvalue weighted by Gasteiger charge is -2.30. The van der Waals surface area contributed by atoms with Gasteiger partial charge in [0, 0.05) is 32.0 Å². The first-order valence-electron chi connectivity index (χ1n) is 10.4. The first kappa shape index (κ1) is 20.2. The Bertz CT molecular complexity index is 1010. The quantitative estimate of drug-likeness (QED) is 0.700. The second-order valence-corrected chi connectivity index (χ2v) is 8.12. The van der Waals surface area contributed by atoms with Crippen LogP contribution in [-0.4, -0.2) is 48.5 Å². The summed E-state index contributed by atoms with van der Waals surface area (Å²) in [7, 11) is 2.11. The maximum Gasteiger partial charge on any atom is 0.231 e. The molecule has 4 rings (SSSR count). The van der Waals surface area contributed by atoms with Crippen molar-refractivity contribution in [1.29, 1.82) is 0 Å². The van der Waals surface area contributed by atoms with E-state index in [0.717, 1.165) is 35.6 Å². The van der Waals surface area contributed by atoms with Gasteiger partial charge in [-0.05, 0) is 50.3 Å². The average molecular weight is 402 g/mol. The zero-order valence-corrected chi connectivity index (χ0v) is 17.5. The van der Waals surface area contributed by atoms with Gasteiger partial charge in [-0.15, -0.1) is 0 Å². The van der Waals surface area contributed by atoms with Crippen LogP contribution in [0.1, 0.15) is 26.2 Å². The fourth-order valence-corrected chi connectivity index (χ4v) is 3.98. The lowest BCUT2D eigenvalue weighted by Crippen LogP contribution is -2.35. The van der Waals surface area contributed by atoms with Crippen molar-refractivity contribution in [1.82, 2.24) is 4.90 Å². The predicted octanol–water partition coefficient (Wildman–Crippen LogP) is 4.16. The van der Waals surface area contributed by atoms with E-state index in [-0.39, 0.29) is 11.7 Å². The largest absolute Gasteiger partial charge is 0.306 e. The van der Waals surface area contributed by atoms with Gasteiger partial charge < -0.3 is 4.90 Å².